The van der Waals surface area contributed by atoms with E-state index < -0.39 is 5.67 Å². The molecule has 1 unspecified atom stereocenters. The minimum atomic E-state index is -1.43. The van der Waals surface area contributed by atoms with E-state index in [2.05, 4.69) is 4.98 Å². The quantitative estimate of drug-likeness (QED) is 0.805. The van der Waals surface area contributed by atoms with Gasteiger partial charge in [0, 0.05) is 24.0 Å². The summed E-state index contributed by atoms with van der Waals surface area (Å²) in [5, 5.41) is 0. The van der Waals surface area contributed by atoms with Crippen LogP contribution in [0.2, 0.25) is 0 Å². The molecule has 0 aromatic carbocycles. The van der Waals surface area contributed by atoms with Crippen molar-refractivity contribution in [1.29, 1.82) is 0 Å². The van der Waals surface area contributed by atoms with E-state index in [1.165, 1.54) is 0 Å². The average molecular weight is 196 g/mol. The first-order chi connectivity index (χ1) is 6.53. The Morgan fingerprint density at radius 3 is 2.57 bits per heavy atom. The molecular formula is C11H17FN2. The summed E-state index contributed by atoms with van der Waals surface area (Å²) < 4.78 is 14.1. The summed E-state index contributed by atoms with van der Waals surface area (Å²) in [5.41, 5.74) is 6.54. The molecule has 0 aliphatic heterocycles. The topological polar surface area (TPSA) is 38.9 Å². The molecule has 3 heteroatoms. The van der Waals surface area contributed by atoms with E-state index in [1.807, 2.05) is 19.9 Å². The zero-order valence-corrected chi connectivity index (χ0v) is 8.97. The predicted octanol–water partition coefficient (Wildman–Crippen LogP) is 2.23. The third kappa shape index (κ3) is 1.93. The molecule has 14 heavy (non-hydrogen) atoms. The highest BCUT2D eigenvalue weighted by Gasteiger charge is 2.28. The van der Waals surface area contributed by atoms with Crippen molar-refractivity contribution < 1.29 is 4.39 Å². The molecular weight excluding hydrogens is 179 g/mol. The molecule has 0 aliphatic carbocycles. The van der Waals surface area contributed by atoms with Gasteiger partial charge in [0.2, 0.25) is 0 Å². The molecule has 0 fully saturated rings. The van der Waals surface area contributed by atoms with Gasteiger partial charge in [0.15, 0.2) is 0 Å². The van der Waals surface area contributed by atoms with E-state index in [4.69, 9.17) is 5.73 Å². The Hall–Kier alpha value is -0.960. The summed E-state index contributed by atoms with van der Waals surface area (Å²) in [6, 6.07) is 1.83. The fourth-order valence-electron chi connectivity index (χ4n) is 1.35. The lowest BCUT2D eigenvalue weighted by atomic mass is 9.93. The van der Waals surface area contributed by atoms with Gasteiger partial charge in [-0.2, -0.15) is 0 Å². The van der Waals surface area contributed by atoms with Gasteiger partial charge in [0.25, 0.3) is 0 Å². The zero-order chi connectivity index (χ0) is 10.8. The summed E-state index contributed by atoms with van der Waals surface area (Å²) in [4.78, 5) is 4.15. The van der Waals surface area contributed by atoms with Crippen LogP contribution >= 0.6 is 0 Å². The number of aromatic nitrogens is 1. The lowest BCUT2D eigenvalue weighted by Gasteiger charge is -2.22. The van der Waals surface area contributed by atoms with Crippen molar-refractivity contribution in [2.75, 3.05) is 6.54 Å². The molecule has 0 saturated carbocycles. The summed E-state index contributed by atoms with van der Waals surface area (Å²) >= 11 is 0. The molecule has 1 aromatic rings. The fourth-order valence-corrected chi connectivity index (χ4v) is 1.35. The van der Waals surface area contributed by atoms with Crippen molar-refractivity contribution in [2.45, 2.75) is 32.9 Å². The van der Waals surface area contributed by atoms with Crippen molar-refractivity contribution >= 4 is 0 Å². The largest absolute Gasteiger partial charge is 0.327 e. The Bertz CT molecular complexity index is 319. The average Bonchev–Trinajstić information content (AvgIpc) is 2.21. The fraction of sp³-hybridized carbons (Fsp3) is 0.545. The number of hydrogen-bond donors (Lipinski definition) is 1. The molecule has 0 saturated heterocycles. The van der Waals surface area contributed by atoms with Crippen molar-refractivity contribution in [2.24, 2.45) is 5.73 Å². The number of nitrogens with two attached hydrogens (primary N) is 1. The Morgan fingerprint density at radius 2 is 2.14 bits per heavy atom. The molecule has 2 N–H and O–H groups in total. The first-order valence-electron chi connectivity index (χ1n) is 4.86. The Morgan fingerprint density at radius 1 is 1.50 bits per heavy atom. The van der Waals surface area contributed by atoms with Crippen molar-refractivity contribution in [3.8, 4) is 0 Å². The number of pyridine rings is 1. The monoisotopic (exact) mass is 196 g/mol. The van der Waals surface area contributed by atoms with E-state index in [0.717, 1.165) is 11.3 Å². The van der Waals surface area contributed by atoms with Crippen LogP contribution in [0.15, 0.2) is 12.3 Å². The van der Waals surface area contributed by atoms with Gasteiger partial charge in [0.1, 0.15) is 5.67 Å². The maximum atomic E-state index is 14.1. The van der Waals surface area contributed by atoms with E-state index in [-0.39, 0.29) is 6.54 Å². The smallest absolute Gasteiger partial charge is 0.149 e. The molecule has 1 rings (SSSR count). The van der Waals surface area contributed by atoms with Crippen molar-refractivity contribution in [1.82, 2.24) is 4.98 Å². The highest BCUT2D eigenvalue weighted by atomic mass is 19.1. The van der Waals surface area contributed by atoms with Crippen LogP contribution < -0.4 is 5.73 Å². The standard InChI is InChI=1S/C11H17FN2/c1-4-11(12,7-13)10-5-8(2)9(3)14-6-10/h5-6H,4,7,13H2,1-3H3. The molecule has 0 spiro atoms. The number of aryl methyl sites for hydroxylation is 2. The molecule has 78 valence electrons. The van der Waals surface area contributed by atoms with Crippen LogP contribution in [0.25, 0.3) is 0 Å². The van der Waals surface area contributed by atoms with Crippen LogP contribution in [0.4, 0.5) is 4.39 Å². The molecule has 0 amide bonds. The van der Waals surface area contributed by atoms with E-state index in [9.17, 15) is 4.39 Å². The molecule has 1 heterocycles. The zero-order valence-electron chi connectivity index (χ0n) is 8.97. The van der Waals surface area contributed by atoms with Crippen LogP contribution in [-0.4, -0.2) is 11.5 Å². The summed E-state index contributed by atoms with van der Waals surface area (Å²) in [6.45, 7) is 5.64. The van der Waals surface area contributed by atoms with Gasteiger partial charge in [-0.15, -0.1) is 0 Å². The summed E-state index contributed by atoms with van der Waals surface area (Å²) in [7, 11) is 0. The molecule has 0 bridgehead atoms. The van der Waals surface area contributed by atoms with Crippen LogP contribution in [0.1, 0.15) is 30.2 Å². The minimum Gasteiger partial charge on any atom is -0.327 e. The Kier molecular flexibility index (Phi) is 3.21. The second-order valence-corrected chi connectivity index (χ2v) is 3.65. The van der Waals surface area contributed by atoms with E-state index >= 15 is 0 Å². The second kappa shape index (κ2) is 4.05. The van der Waals surface area contributed by atoms with Crippen molar-refractivity contribution in [3.05, 3.63) is 29.1 Å². The van der Waals surface area contributed by atoms with Gasteiger partial charge in [0.05, 0.1) is 0 Å². The number of halogens is 1. The lowest BCUT2D eigenvalue weighted by molar-refractivity contribution is 0.168. The number of hydrogen-bond acceptors (Lipinski definition) is 2. The van der Waals surface area contributed by atoms with Crippen molar-refractivity contribution in [3.63, 3.8) is 0 Å². The highest BCUT2D eigenvalue weighted by molar-refractivity contribution is 5.27. The van der Waals surface area contributed by atoms with Gasteiger partial charge in [-0.05, 0) is 31.9 Å². The van der Waals surface area contributed by atoms with E-state index in [1.54, 1.807) is 13.1 Å². The highest BCUT2D eigenvalue weighted by Crippen LogP contribution is 2.28. The predicted molar refractivity (Wildman–Crippen MR) is 55.8 cm³/mol. The Labute approximate surface area is 84.3 Å². The maximum Gasteiger partial charge on any atom is 0.149 e. The van der Waals surface area contributed by atoms with Gasteiger partial charge < -0.3 is 5.73 Å². The maximum absolute atomic E-state index is 14.1. The van der Waals surface area contributed by atoms with Gasteiger partial charge >= 0.3 is 0 Å². The molecule has 2 nitrogen and oxygen atoms in total. The summed E-state index contributed by atoms with van der Waals surface area (Å²) in [5.74, 6) is 0. The van der Waals surface area contributed by atoms with Crippen LogP contribution in [0.3, 0.4) is 0 Å². The number of rotatable bonds is 3. The third-order valence-electron chi connectivity index (χ3n) is 2.74. The van der Waals surface area contributed by atoms with Gasteiger partial charge in [-0.25, -0.2) is 4.39 Å². The Balaban J connectivity index is 3.12. The molecule has 0 aliphatic rings. The molecule has 1 aromatic heterocycles. The third-order valence-corrected chi connectivity index (χ3v) is 2.74. The number of nitrogens with zero attached hydrogens (tertiary/aromatic N) is 1. The SMILES string of the molecule is CCC(F)(CN)c1cnc(C)c(C)c1. The van der Waals surface area contributed by atoms with Crippen LogP contribution in [0.5, 0.6) is 0 Å². The van der Waals surface area contributed by atoms with Gasteiger partial charge in [-0.1, -0.05) is 6.92 Å². The first-order valence-corrected chi connectivity index (χ1v) is 4.86. The van der Waals surface area contributed by atoms with E-state index in [0.29, 0.717) is 12.0 Å². The number of alkyl halides is 1. The first kappa shape index (κ1) is 11.1. The summed E-state index contributed by atoms with van der Waals surface area (Å²) in [6.07, 6.45) is 1.96. The molecule has 0 radical (unpaired) electrons. The lowest BCUT2D eigenvalue weighted by Crippen LogP contribution is -2.29. The van der Waals surface area contributed by atoms with Crippen LogP contribution in [-0.2, 0) is 5.67 Å². The van der Waals surface area contributed by atoms with Crippen LogP contribution in [0, 0.1) is 13.8 Å². The molecule has 1 atom stereocenters. The second-order valence-electron chi connectivity index (χ2n) is 3.65. The normalized spacial score (nSPS) is 15.2. The minimum absolute atomic E-state index is 0.00762. The van der Waals surface area contributed by atoms with Gasteiger partial charge in [-0.3, -0.25) is 4.98 Å².